The fourth-order valence-electron chi connectivity index (χ4n) is 4.35. The number of fused-ring (bicyclic) bond motifs is 1. The molecule has 29 heavy (non-hydrogen) atoms. The van der Waals surface area contributed by atoms with E-state index < -0.39 is 9.84 Å². The van der Waals surface area contributed by atoms with E-state index in [9.17, 15) is 8.42 Å². The number of H-pyrrole nitrogens is 1. The first-order chi connectivity index (χ1) is 14.0. The summed E-state index contributed by atoms with van der Waals surface area (Å²) in [6.45, 7) is 4.78. The average molecular weight is 412 g/mol. The predicted molar refractivity (Wildman–Crippen MR) is 117 cm³/mol. The third-order valence-corrected chi connectivity index (χ3v) is 7.51. The summed E-state index contributed by atoms with van der Waals surface area (Å²) in [5.74, 6) is 0.975. The molecule has 1 N–H and O–H groups in total. The highest BCUT2D eigenvalue weighted by molar-refractivity contribution is 7.90. The summed E-state index contributed by atoms with van der Waals surface area (Å²) < 4.78 is 23.9. The largest absolute Gasteiger partial charge is 0.299 e. The fraction of sp³-hybridized carbons (Fsp3) is 0.435. The predicted octanol–water partition coefficient (Wildman–Crippen LogP) is 3.95. The molecule has 0 amide bonds. The van der Waals surface area contributed by atoms with Crippen molar-refractivity contribution >= 4 is 20.7 Å². The molecule has 5 nitrogen and oxygen atoms in total. The zero-order valence-electron chi connectivity index (χ0n) is 17.0. The first-order valence-electron chi connectivity index (χ1n) is 10.4. The van der Waals surface area contributed by atoms with E-state index in [1.165, 1.54) is 29.4 Å². The van der Waals surface area contributed by atoms with E-state index in [-0.39, 0.29) is 11.5 Å². The molecule has 0 spiro atoms. The van der Waals surface area contributed by atoms with Gasteiger partial charge in [0.05, 0.1) is 17.5 Å². The minimum absolute atomic E-state index is 0.135. The second-order valence-corrected chi connectivity index (χ2v) is 10.6. The van der Waals surface area contributed by atoms with E-state index in [1.54, 1.807) is 6.92 Å². The lowest BCUT2D eigenvalue weighted by Gasteiger charge is -2.33. The number of nitrogens with zero attached hydrogens (tertiary/aromatic N) is 2. The summed E-state index contributed by atoms with van der Waals surface area (Å²) in [5, 5.41) is 8.30. The first kappa shape index (κ1) is 20.1. The molecule has 1 unspecified atom stereocenters. The number of nitrogens with one attached hydrogen (secondary N) is 1. The molecule has 2 heterocycles. The molecule has 6 heteroatoms. The minimum Gasteiger partial charge on any atom is -0.299 e. The number of hydrogen-bond donors (Lipinski definition) is 1. The molecule has 4 rings (SSSR count). The Labute approximate surface area is 173 Å². The molecule has 0 saturated carbocycles. The van der Waals surface area contributed by atoms with Crippen LogP contribution in [0.4, 0.5) is 0 Å². The molecule has 0 bridgehead atoms. The van der Waals surface area contributed by atoms with Gasteiger partial charge in [0.25, 0.3) is 0 Å². The van der Waals surface area contributed by atoms with Gasteiger partial charge in [0.2, 0.25) is 0 Å². The zero-order valence-corrected chi connectivity index (χ0v) is 17.8. The number of sulfone groups is 1. The maximum Gasteiger partial charge on any atom is 0.154 e. The van der Waals surface area contributed by atoms with E-state index in [0.29, 0.717) is 5.92 Å². The normalized spacial score (nSPS) is 18.3. The van der Waals surface area contributed by atoms with Crippen LogP contribution in [0.1, 0.15) is 36.5 Å². The highest BCUT2D eigenvalue weighted by Crippen LogP contribution is 2.24. The van der Waals surface area contributed by atoms with Gasteiger partial charge in [0, 0.05) is 24.2 Å². The Morgan fingerprint density at radius 1 is 1.14 bits per heavy atom. The Kier molecular flexibility index (Phi) is 6.01. The molecule has 1 aliphatic rings. The molecule has 154 valence electrons. The van der Waals surface area contributed by atoms with Gasteiger partial charge in [-0.2, -0.15) is 5.10 Å². The van der Waals surface area contributed by atoms with E-state index in [4.69, 9.17) is 0 Å². The number of piperidine rings is 1. The van der Waals surface area contributed by atoms with Gasteiger partial charge < -0.3 is 0 Å². The van der Waals surface area contributed by atoms with E-state index in [0.717, 1.165) is 37.1 Å². The Morgan fingerprint density at radius 3 is 2.86 bits per heavy atom. The van der Waals surface area contributed by atoms with E-state index >= 15 is 0 Å². The highest BCUT2D eigenvalue weighted by atomic mass is 32.2. The summed E-state index contributed by atoms with van der Waals surface area (Å²) in [6, 6.07) is 14.6. The van der Waals surface area contributed by atoms with Gasteiger partial charge in [-0.1, -0.05) is 37.3 Å². The molecule has 3 aromatic rings. The van der Waals surface area contributed by atoms with Crippen molar-refractivity contribution in [1.29, 1.82) is 0 Å². The van der Waals surface area contributed by atoms with Crippen LogP contribution in [0.5, 0.6) is 0 Å². The highest BCUT2D eigenvalue weighted by Gasteiger charge is 2.21. The maximum atomic E-state index is 11.9. The monoisotopic (exact) mass is 411 g/mol. The number of likely N-dealkylation sites (tertiary alicyclic amines) is 1. The summed E-state index contributed by atoms with van der Waals surface area (Å²) in [6.07, 6.45) is 5.45. The second kappa shape index (κ2) is 8.67. The van der Waals surface area contributed by atoms with Crippen molar-refractivity contribution in [2.24, 2.45) is 5.92 Å². The van der Waals surface area contributed by atoms with Gasteiger partial charge in [0.15, 0.2) is 9.84 Å². The van der Waals surface area contributed by atoms with Crippen molar-refractivity contribution in [2.75, 3.05) is 18.8 Å². The Hall–Kier alpha value is -2.18. The third kappa shape index (κ3) is 5.25. The Balaban J connectivity index is 1.38. The van der Waals surface area contributed by atoms with Crippen LogP contribution in [-0.4, -0.2) is 42.4 Å². The van der Waals surface area contributed by atoms with Crippen LogP contribution in [0.15, 0.2) is 48.7 Å². The number of rotatable bonds is 7. The maximum absolute atomic E-state index is 11.9. The van der Waals surface area contributed by atoms with Crippen molar-refractivity contribution in [3.05, 3.63) is 65.4 Å². The lowest BCUT2D eigenvalue weighted by atomic mass is 9.90. The Morgan fingerprint density at radius 2 is 2.00 bits per heavy atom. The molecule has 0 aliphatic carbocycles. The minimum atomic E-state index is -3.00. The molecule has 1 fully saturated rings. The molecule has 1 aliphatic heterocycles. The fourth-order valence-corrected chi connectivity index (χ4v) is 5.24. The van der Waals surface area contributed by atoms with Gasteiger partial charge in [-0.3, -0.25) is 10.00 Å². The lowest BCUT2D eigenvalue weighted by Crippen LogP contribution is -2.35. The molecule has 1 aromatic heterocycles. The molecular weight excluding hydrogens is 382 g/mol. The standard InChI is InChI=1S/C23H29N3O2S/c1-2-29(27,28)17-21-6-3-5-19(12-21)15-26-10-4-7-20(16-26)11-18-8-9-23-22(13-18)14-24-25-23/h3,5-6,8-9,12-14,20H,2,4,7,10-11,15-17H2,1H3,(H,24,25). The zero-order chi connectivity index (χ0) is 20.3. The Bertz CT molecular complexity index is 1070. The number of aromatic amines is 1. The average Bonchev–Trinajstić information content (AvgIpc) is 3.16. The topological polar surface area (TPSA) is 66.1 Å². The molecular formula is C23H29N3O2S. The van der Waals surface area contributed by atoms with Crippen molar-refractivity contribution in [1.82, 2.24) is 15.1 Å². The molecule has 1 atom stereocenters. The number of benzene rings is 2. The van der Waals surface area contributed by atoms with Crippen LogP contribution < -0.4 is 0 Å². The van der Waals surface area contributed by atoms with Gasteiger partial charge in [-0.15, -0.1) is 0 Å². The van der Waals surface area contributed by atoms with Crippen LogP contribution >= 0.6 is 0 Å². The van der Waals surface area contributed by atoms with E-state index in [1.807, 2.05) is 18.3 Å². The second-order valence-electron chi connectivity index (χ2n) is 8.24. The van der Waals surface area contributed by atoms with Gasteiger partial charge >= 0.3 is 0 Å². The summed E-state index contributed by atoms with van der Waals surface area (Å²) in [7, 11) is -3.00. The number of aromatic nitrogens is 2. The van der Waals surface area contributed by atoms with Crippen LogP contribution in [0, 0.1) is 5.92 Å². The van der Waals surface area contributed by atoms with Crippen molar-refractivity contribution < 1.29 is 8.42 Å². The van der Waals surface area contributed by atoms with Crippen LogP contribution in [0.2, 0.25) is 0 Å². The first-order valence-corrected chi connectivity index (χ1v) is 12.3. The summed E-state index contributed by atoms with van der Waals surface area (Å²) in [4.78, 5) is 2.51. The van der Waals surface area contributed by atoms with Gasteiger partial charge in [-0.25, -0.2) is 8.42 Å². The van der Waals surface area contributed by atoms with Crippen LogP contribution in [-0.2, 0) is 28.6 Å². The van der Waals surface area contributed by atoms with Crippen molar-refractivity contribution in [2.45, 2.75) is 38.5 Å². The summed E-state index contributed by atoms with van der Waals surface area (Å²) in [5.41, 5.74) is 4.56. The molecule has 2 aromatic carbocycles. The SMILES string of the molecule is CCS(=O)(=O)Cc1cccc(CN2CCCC(Cc3ccc4[nH]ncc4c3)C2)c1. The molecule has 1 saturated heterocycles. The summed E-state index contributed by atoms with van der Waals surface area (Å²) >= 11 is 0. The molecule has 0 radical (unpaired) electrons. The van der Waals surface area contributed by atoms with Crippen molar-refractivity contribution in [3.8, 4) is 0 Å². The quantitative estimate of drug-likeness (QED) is 0.639. The smallest absolute Gasteiger partial charge is 0.154 e. The van der Waals surface area contributed by atoms with Crippen LogP contribution in [0.25, 0.3) is 10.9 Å². The van der Waals surface area contributed by atoms with Crippen molar-refractivity contribution in [3.63, 3.8) is 0 Å². The van der Waals surface area contributed by atoms with Gasteiger partial charge in [0.1, 0.15) is 0 Å². The third-order valence-electron chi connectivity index (χ3n) is 5.86. The number of hydrogen-bond acceptors (Lipinski definition) is 4. The van der Waals surface area contributed by atoms with Crippen LogP contribution in [0.3, 0.4) is 0 Å². The van der Waals surface area contributed by atoms with Gasteiger partial charge in [-0.05, 0) is 60.5 Å². The van der Waals surface area contributed by atoms with E-state index in [2.05, 4.69) is 45.4 Å². The lowest BCUT2D eigenvalue weighted by molar-refractivity contribution is 0.167.